The summed E-state index contributed by atoms with van der Waals surface area (Å²) in [6.45, 7) is 7.03. The second kappa shape index (κ2) is 6.20. The number of nitrogens with zero attached hydrogens (tertiary/aromatic N) is 2. The Labute approximate surface area is 119 Å². The molecule has 1 atom stereocenters. The van der Waals surface area contributed by atoms with E-state index in [1.165, 1.54) is 5.39 Å². The normalized spacial score (nSPS) is 18.1. The molecule has 3 rings (SSSR count). The monoisotopic (exact) mass is 271 g/mol. The van der Waals surface area contributed by atoms with Gasteiger partial charge in [-0.3, -0.25) is 9.88 Å². The summed E-state index contributed by atoms with van der Waals surface area (Å²) in [6, 6.07) is 10.7. The third-order valence-electron chi connectivity index (χ3n) is 3.69. The van der Waals surface area contributed by atoms with Gasteiger partial charge in [0.05, 0.1) is 18.7 Å². The summed E-state index contributed by atoms with van der Waals surface area (Å²) in [7, 11) is 0. The lowest BCUT2D eigenvalue weighted by Crippen LogP contribution is -2.42. The number of ether oxygens (including phenoxy) is 1. The predicted molar refractivity (Wildman–Crippen MR) is 82.1 cm³/mol. The Morgan fingerprint density at radius 3 is 2.90 bits per heavy atom. The fraction of sp³-hybridized carbons (Fsp3) is 0.438. The van der Waals surface area contributed by atoms with E-state index in [1.54, 1.807) is 0 Å². The first-order chi connectivity index (χ1) is 9.83. The molecule has 0 saturated carbocycles. The van der Waals surface area contributed by atoms with Crippen LogP contribution < -0.4 is 5.32 Å². The van der Waals surface area contributed by atoms with Gasteiger partial charge in [-0.25, -0.2) is 0 Å². The van der Waals surface area contributed by atoms with Crippen molar-refractivity contribution < 1.29 is 4.74 Å². The summed E-state index contributed by atoms with van der Waals surface area (Å²) in [4.78, 5) is 6.85. The highest BCUT2D eigenvalue weighted by Gasteiger charge is 2.14. The number of nitrogens with one attached hydrogen (secondary N) is 1. The molecule has 1 aromatic carbocycles. The van der Waals surface area contributed by atoms with E-state index in [9.17, 15) is 0 Å². The molecule has 1 aliphatic rings. The van der Waals surface area contributed by atoms with Crippen molar-refractivity contribution in [2.24, 2.45) is 0 Å². The molecule has 2 heterocycles. The van der Waals surface area contributed by atoms with Gasteiger partial charge in [-0.15, -0.1) is 0 Å². The molecule has 0 amide bonds. The lowest BCUT2D eigenvalue weighted by Gasteiger charge is -2.29. The molecule has 0 radical (unpaired) electrons. The Morgan fingerprint density at radius 2 is 2.05 bits per heavy atom. The molecule has 0 bridgehead atoms. The maximum atomic E-state index is 5.39. The van der Waals surface area contributed by atoms with Crippen molar-refractivity contribution in [2.75, 3.05) is 38.2 Å². The number of rotatable bonds is 4. The average molecular weight is 271 g/mol. The lowest BCUT2D eigenvalue weighted by atomic mass is 10.1. The van der Waals surface area contributed by atoms with E-state index in [1.807, 2.05) is 18.3 Å². The van der Waals surface area contributed by atoms with Crippen LogP contribution >= 0.6 is 0 Å². The van der Waals surface area contributed by atoms with Gasteiger partial charge in [-0.2, -0.15) is 0 Å². The van der Waals surface area contributed by atoms with Gasteiger partial charge in [0.15, 0.2) is 0 Å². The van der Waals surface area contributed by atoms with Crippen molar-refractivity contribution >= 4 is 16.6 Å². The molecule has 4 heteroatoms. The highest BCUT2D eigenvalue weighted by Crippen LogP contribution is 2.21. The topological polar surface area (TPSA) is 37.4 Å². The number of pyridine rings is 1. The molecule has 1 unspecified atom stereocenters. The highest BCUT2D eigenvalue weighted by atomic mass is 16.5. The number of fused-ring (bicyclic) bond motifs is 1. The van der Waals surface area contributed by atoms with E-state index in [0.717, 1.165) is 44.1 Å². The maximum Gasteiger partial charge on any atom is 0.0722 e. The molecule has 0 spiro atoms. The molecule has 1 aliphatic heterocycles. The minimum absolute atomic E-state index is 0.402. The van der Waals surface area contributed by atoms with Gasteiger partial charge >= 0.3 is 0 Å². The Bertz CT molecular complexity index is 561. The molecule has 1 fully saturated rings. The number of hydrogen-bond acceptors (Lipinski definition) is 4. The van der Waals surface area contributed by atoms with Gasteiger partial charge in [0.2, 0.25) is 0 Å². The van der Waals surface area contributed by atoms with Gasteiger partial charge in [0.25, 0.3) is 0 Å². The first kappa shape index (κ1) is 13.3. The van der Waals surface area contributed by atoms with Gasteiger partial charge < -0.3 is 10.1 Å². The molecule has 106 valence electrons. The zero-order valence-corrected chi connectivity index (χ0v) is 11.9. The van der Waals surface area contributed by atoms with Crippen LogP contribution in [0.4, 0.5) is 5.69 Å². The van der Waals surface area contributed by atoms with Crippen molar-refractivity contribution in [3.8, 4) is 0 Å². The minimum Gasteiger partial charge on any atom is -0.381 e. The second-order valence-electron chi connectivity index (χ2n) is 5.33. The summed E-state index contributed by atoms with van der Waals surface area (Å²) in [6.07, 6.45) is 1.87. The van der Waals surface area contributed by atoms with E-state index in [0.29, 0.717) is 6.04 Å². The van der Waals surface area contributed by atoms with Crippen molar-refractivity contribution in [2.45, 2.75) is 13.0 Å². The molecular weight excluding hydrogens is 250 g/mol. The standard InChI is InChI=1S/C16H21N3O/c1-13(12-19-8-10-20-11-9-19)18-16-6-7-17-15-5-3-2-4-14(15)16/h2-7,13H,8-12H2,1H3,(H,17,18). The first-order valence-corrected chi connectivity index (χ1v) is 7.23. The van der Waals surface area contributed by atoms with Crippen molar-refractivity contribution in [1.82, 2.24) is 9.88 Å². The van der Waals surface area contributed by atoms with Gasteiger partial charge in [-0.1, -0.05) is 18.2 Å². The molecule has 4 nitrogen and oxygen atoms in total. The van der Waals surface area contributed by atoms with Gasteiger partial charge in [-0.05, 0) is 19.1 Å². The van der Waals surface area contributed by atoms with E-state index >= 15 is 0 Å². The fourth-order valence-electron chi connectivity index (χ4n) is 2.70. The molecular formula is C16H21N3O. The summed E-state index contributed by atoms with van der Waals surface area (Å²) in [5, 5.41) is 4.79. The summed E-state index contributed by atoms with van der Waals surface area (Å²) in [5.41, 5.74) is 2.20. The number of aromatic nitrogens is 1. The van der Waals surface area contributed by atoms with Crippen LogP contribution in [0.2, 0.25) is 0 Å². The molecule has 1 saturated heterocycles. The fourth-order valence-corrected chi connectivity index (χ4v) is 2.70. The van der Waals surface area contributed by atoms with Crippen LogP contribution in [0, 0.1) is 0 Å². The van der Waals surface area contributed by atoms with Crippen LogP contribution in [0.5, 0.6) is 0 Å². The summed E-state index contributed by atoms with van der Waals surface area (Å²) < 4.78 is 5.39. The second-order valence-corrected chi connectivity index (χ2v) is 5.33. The third-order valence-corrected chi connectivity index (χ3v) is 3.69. The quantitative estimate of drug-likeness (QED) is 0.926. The maximum absolute atomic E-state index is 5.39. The SMILES string of the molecule is CC(CN1CCOCC1)Nc1ccnc2ccccc12. The number of anilines is 1. The molecule has 2 aromatic rings. The Kier molecular flexibility index (Phi) is 4.14. The van der Waals surface area contributed by atoms with Crippen molar-refractivity contribution in [1.29, 1.82) is 0 Å². The summed E-state index contributed by atoms with van der Waals surface area (Å²) in [5.74, 6) is 0. The van der Waals surface area contributed by atoms with E-state index in [-0.39, 0.29) is 0 Å². The Hall–Kier alpha value is -1.65. The molecule has 1 aromatic heterocycles. The van der Waals surface area contributed by atoms with Crippen LogP contribution in [0.3, 0.4) is 0 Å². The number of para-hydroxylation sites is 1. The number of benzene rings is 1. The molecule has 1 N–H and O–H groups in total. The van der Waals surface area contributed by atoms with E-state index in [4.69, 9.17) is 4.74 Å². The molecule has 20 heavy (non-hydrogen) atoms. The Balaban J connectivity index is 1.69. The van der Waals surface area contributed by atoms with Crippen LogP contribution in [0.1, 0.15) is 6.92 Å². The van der Waals surface area contributed by atoms with Crippen LogP contribution in [-0.2, 0) is 4.74 Å². The van der Waals surface area contributed by atoms with Crippen molar-refractivity contribution in [3.63, 3.8) is 0 Å². The van der Waals surface area contributed by atoms with Gasteiger partial charge in [0, 0.05) is 42.9 Å². The minimum atomic E-state index is 0.402. The smallest absolute Gasteiger partial charge is 0.0722 e. The predicted octanol–water partition coefficient (Wildman–Crippen LogP) is 2.37. The third kappa shape index (κ3) is 3.08. The van der Waals surface area contributed by atoms with E-state index in [2.05, 4.69) is 40.3 Å². The Morgan fingerprint density at radius 1 is 1.25 bits per heavy atom. The van der Waals surface area contributed by atoms with E-state index < -0.39 is 0 Å². The zero-order chi connectivity index (χ0) is 13.8. The summed E-state index contributed by atoms with van der Waals surface area (Å²) >= 11 is 0. The average Bonchev–Trinajstić information content (AvgIpc) is 2.48. The van der Waals surface area contributed by atoms with Gasteiger partial charge in [0.1, 0.15) is 0 Å². The van der Waals surface area contributed by atoms with Crippen LogP contribution in [0.15, 0.2) is 36.5 Å². The number of hydrogen-bond donors (Lipinski definition) is 1. The highest BCUT2D eigenvalue weighted by molar-refractivity contribution is 5.90. The first-order valence-electron chi connectivity index (χ1n) is 7.23. The zero-order valence-electron chi connectivity index (χ0n) is 11.9. The van der Waals surface area contributed by atoms with Crippen molar-refractivity contribution in [3.05, 3.63) is 36.5 Å². The number of morpholine rings is 1. The van der Waals surface area contributed by atoms with Crippen LogP contribution in [0.25, 0.3) is 10.9 Å². The molecule has 0 aliphatic carbocycles. The van der Waals surface area contributed by atoms with Crippen LogP contribution in [-0.4, -0.2) is 48.8 Å². The lowest BCUT2D eigenvalue weighted by molar-refractivity contribution is 0.0368. The largest absolute Gasteiger partial charge is 0.381 e.